The minimum atomic E-state index is -0.915. The quantitative estimate of drug-likeness (QED) is 0.711. The van der Waals surface area contributed by atoms with Gasteiger partial charge in [-0.15, -0.1) is 0 Å². The first-order valence-electron chi connectivity index (χ1n) is 6.18. The summed E-state index contributed by atoms with van der Waals surface area (Å²) in [5.74, 6) is 0.186. The van der Waals surface area contributed by atoms with E-state index in [4.69, 9.17) is 10.5 Å². The minimum Gasteiger partial charge on any atom is -0.461 e. The third kappa shape index (κ3) is 3.76. The minimum absolute atomic E-state index is 0.00370. The summed E-state index contributed by atoms with van der Waals surface area (Å²) in [5, 5.41) is 9.19. The van der Waals surface area contributed by atoms with E-state index in [1.807, 2.05) is 0 Å². The third-order valence-corrected chi connectivity index (χ3v) is 3.39. The predicted molar refractivity (Wildman–Crippen MR) is 61.8 cm³/mol. The second-order valence-electron chi connectivity index (χ2n) is 4.77. The van der Waals surface area contributed by atoms with E-state index in [1.165, 1.54) is 13.3 Å². The molecule has 0 spiro atoms. The van der Waals surface area contributed by atoms with Gasteiger partial charge >= 0.3 is 5.97 Å². The zero-order chi connectivity index (χ0) is 12.1. The molecule has 4 heteroatoms. The molecule has 0 aromatic carbocycles. The van der Waals surface area contributed by atoms with Gasteiger partial charge in [0, 0.05) is 0 Å². The molecule has 4 unspecified atom stereocenters. The lowest BCUT2D eigenvalue weighted by atomic mass is 9.85. The molecule has 0 radical (unpaired) electrons. The second kappa shape index (κ2) is 6.21. The summed E-state index contributed by atoms with van der Waals surface area (Å²) in [4.78, 5) is 11.5. The molecular weight excluding hydrogens is 206 g/mol. The van der Waals surface area contributed by atoms with E-state index in [0.717, 1.165) is 25.7 Å². The first-order valence-corrected chi connectivity index (χ1v) is 6.18. The van der Waals surface area contributed by atoms with Crippen molar-refractivity contribution in [1.29, 1.82) is 0 Å². The molecule has 1 fully saturated rings. The molecule has 0 aromatic rings. The molecule has 1 rings (SSSR count). The number of hydrogen-bond donors (Lipinski definition) is 2. The lowest BCUT2D eigenvalue weighted by molar-refractivity contribution is -0.155. The summed E-state index contributed by atoms with van der Waals surface area (Å²) in [7, 11) is 0. The number of rotatable bonds is 4. The van der Waals surface area contributed by atoms with Crippen LogP contribution in [0.3, 0.4) is 0 Å². The highest BCUT2D eigenvalue weighted by molar-refractivity contribution is 5.76. The van der Waals surface area contributed by atoms with E-state index in [9.17, 15) is 9.90 Å². The Morgan fingerprint density at radius 2 is 2.25 bits per heavy atom. The van der Waals surface area contributed by atoms with Crippen molar-refractivity contribution in [3.05, 3.63) is 0 Å². The molecule has 0 heterocycles. The Bertz CT molecular complexity index is 230. The lowest BCUT2D eigenvalue weighted by Crippen LogP contribution is -2.43. The topological polar surface area (TPSA) is 72.5 Å². The van der Waals surface area contributed by atoms with E-state index < -0.39 is 18.1 Å². The molecule has 0 aromatic heterocycles. The highest BCUT2D eigenvalue weighted by Crippen LogP contribution is 2.28. The van der Waals surface area contributed by atoms with Gasteiger partial charge in [0.2, 0.25) is 0 Å². The molecule has 16 heavy (non-hydrogen) atoms. The van der Waals surface area contributed by atoms with Crippen LogP contribution in [0, 0.1) is 5.92 Å². The maximum Gasteiger partial charge on any atom is 0.325 e. The smallest absolute Gasteiger partial charge is 0.325 e. The van der Waals surface area contributed by atoms with Crippen molar-refractivity contribution in [1.82, 2.24) is 0 Å². The average molecular weight is 229 g/mol. The Morgan fingerprint density at radius 1 is 1.56 bits per heavy atom. The molecule has 0 saturated heterocycles. The number of carbonyl (C=O) groups is 1. The van der Waals surface area contributed by atoms with Crippen LogP contribution in [0.1, 0.15) is 46.0 Å². The highest BCUT2D eigenvalue weighted by atomic mass is 16.5. The average Bonchev–Trinajstić information content (AvgIpc) is 2.28. The van der Waals surface area contributed by atoms with Crippen LogP contribution in [0.25, 0.3) is 0 Å². The van der Waals surface area contributed by atoms with Crippen molar-refractivity contribution in [2.75, 3.05) is 0 Å². The van der Waals surface area contributed by atoms with Gasteiger partial charge in [0.05, 0.1) is 6.10 Å². The van der Waals surface area contributed by atoms with Crippen molar-refractivity contribution >= 4 is 5.97 Å². The summed E-state index contributed by atoms with van der Waals surface area (Å²) >= 11 is 0. The van der Waals surface area contributed by atoms with Crippen LogP contribution in [-0.2, 0) is 9.53 Å². The molecule has 4 nitrogen and oxygen atoms in total. The number of nitrogens with two attached hydrogens (primary N) is 1. The molecular formula is C12H23NO3. The Balaban J connectivity index is 2.38. The maximum absolute atomic E-state index is 11.5. The fraction of sp³-hybridized carbons (Fsp3) is 0.917. The van der Waals surface area contributed by atoms with Crippen molar-refractivity contribution in [3.8, 4) is 0 Å². The molecule has 0 bridgehead atoms. The van der Waals surface area contributed by atoms with Gasteiger partial charge in [0.15, 0.2) is 0 Å². The van der Waals surface area contributed by atoms with E-state index in [1.54, 1.807) is 0 Å². The molecule has 3 N–H and O–H groups in total. The number of aliphatic hydroxyl groups is 1. The van der Waals surface area contributed by atoms with Crippen LogP contribution in [0.5, 0.6) is 0 Å². The molecule has 0 aliphatic heterocycles. The lowest BCUT2D eigenvalue weighted by Gasteiger charge is -2.29. The van der Waals surface area contributed by atoms with Crippen LogP contribution in [0.4, 0.5) is 0 Å². The van der Waals surface area contributed by atoms with Gasteiger partial charge in [0.25, 0.3) is 0 Å². The first kappa shape index (κ1) is 13.5. The fourth-order valence-corrected chi connectivity index (χ4v) is 2.16. The zero-order valence-corrected chi connectivity index (χ0v) is 10.2. The molecule has 1 aliphatic carbocycles. The predicted octanol–water partition coefficient (Wildman–Crippen LogP) is 1.21. The molecule has 4 atom stereocenters. The molecule has 94 valence electrons. The number of hydrogen-bond acceptors (Lipinski definition) is 4. The van der Waals surface area contributed by atoms with Gasteiger partial charge in [-0.1, -0.05) is 19.8 Å². The Kier molecular flexibility index (Phi) is 5.22. The normalized spacial score (nSPS) is 29.5. The first-order chi connectivity index (χ1) is 7.54. The molecule has 1 aliphatic rings. The zero-order valence-electron chi connectivity index (χ0n) is 10.2. The monoisotopic (exact) mass is 229 g/mol. The molecule has 1 saturated carbocycles. The number of carbonyl (C=O) groups excluding carboxylic acids is 1. The van der Waals surface area contributed by atoms with Crippen LogP contribution < -0.4 is 5.73 Å². The Labute approximate surface area is 97.2 Å². The summed E-state index contributed by atoms with van der Waals surface area (Å²) in [6.45, 7) is 3.66. The number of aliphatic hydroxyl groups excluding tert-OH is 1. The van der Waals surface area contributed by atoms with E-state index in [2.05, 4.69) is 6.92 Å². The third-order valence-electron chi connectivity index (χ3n) is 3.39. The summed E-state index contributed by atoms with van der Waals surface area (Å²) in [6, 6.07) is -0.915. The van der Waals surface area contributed by atoms with E-state index in [0.29, 0.717) is 5.92 Å². The number of ether oxygens (including phenoxy) is 1. The fourth-order valence-electron chi connectivity index (χ4n) is 2.16. The summed E-state index contributed by atoms with van der Waals surface area (Å²) in [5.41, 5.74) is 5.52. The van der Waals surface area contributed by atoms with Crippen LogP contribution in [0.15, 0.2) is 0 Å². The largest absolute Gasteiger partial charge is 0.461 e. The van der Waals surface area contributed by atoms with Gasteiger partial charge in [-0.25, -0.2) is 0 Å². The van der Waals surface area contributed by atoms with E-state index >= 15 is 0 Å². The van der Waals surface area contributed by atoms with E-state index in [-0.39, 0.29) is 6.10 Å². The van der Waals surface area contributed by atoms with Crippen LogP contribution >= 0.6 is 0 Å². The van der Waals surface area contributed by atoms with Gasteiger partial charge in [-0.2, -0.15) is 0 Å². The highest BCUT2D eigenvalue weighted by Gasteiger charge is 2.27. The van der Waals surface area contributed by atoms with Crippen LogP contribution in [-0.4, -0.2) is 29.3 Å². The standard InChI is InChI=1S/C12H23NO3/c1-3-9-5-4-6-10(7-9)16-12(15)11(13)8(2)14/h8-11,14H,3-7,13H2,1-2H3. The maximum atomic E-state index is 11.5. The van der Waals surface area contributed by atoms with Crippen molar-refractivity contribution in [3.63, 3.8) is 0 Å². The second-order valence-corrected chi connectivity index (χ2v) is 4.77. The van der Waals surface area contributed by atoms with Gasteiger partial charge in [-0.05, 0) is 32.1 Å². The van der Waals surface area contributed by atoms with Gasteiger partial charge < -0.3 is 15.6 Å². The Hall–Kier alpha value is -0.610. The van der Waals surface area contributed by atoms with Crippen LogP contribution in [0.2, 0.25) is 0 Å². The number of esters is 1. The molecule has 0 amide bonds. The van der Waals surface area contributed by atoms with Crippen molar-refractivity contribution in [2.45, 2.75) is 64.2 Å². The van der Waals surface area contributed by atoms with Gasteiger partial charge in [0.1, 0.15) is 12.1 Å². The summed E-state index contributed by atoms with van der Waals surface area (Å²) < 4.78 is 5.32. The Morgan fingerprint density at radius 3 is 2.81 bits per heavy atom. The van der Waals surface area contributed by atoms with Gasteiger partial charge in [-0.3, -0.25) is 4.79 Å². The van der Waals surface area contributed by atoms with Crippen molar-refractivity contribution in [2.24, 2.45) is 11.7 Å². The SMILES string of the molecule is CCC1CCCC(OC(=O)C(N)C(C)O)C1. The van der Waals surface area contributed by atoms with Crippen molar-refractivity contribution < 1.29 is 14.6 Å². The summed E-state index contributed by atoms with van der Waals surface area (Å²) in [6.07, 6.45) is 4.49.